The second kappa shape index (κ2) is 8.35. The molecule has 0 heterocycles. The number of fused-ring (bicyclic) bond motifs is 1. The number of esters is 1. The predicted molar refractivity (Wildman–Crippen MR) is 106 cm³/mol. The van der Waals surface area contributed by atoms with Gasteiger partial charge in [-0.15, -0.1) is 0 Å². The van der Waals surface area contributed by atoms with Crippen LogP contribution in [-0.2, 0) is 9.53 Å². The molecule has 2 aliphatic rings. The molecule has 2 fully saturated rings. The van der Waals surface area contributed by atoms with E-state index in [4.69, 9.17) is 0 Å². The summed E-state index contributed by atoms with van der Waals surface area (Å²) < 4.78 is 6.98. The highest BCUT2D eigenvalue weighted by Crippen LogP contribution is 2.60. The fourth-order valence-electron chi connectivity index (χ4n) is 5.33. The zero-order valence-corrected chi connectivity index (χ0v) is 17.3. The van der Waals surface area contributed by atoms with Gasteiger partial charge < -0.3 is 9.84 Å². The Hall–Kier alpha value is -0.360. The first-order valence-electron chi connectivity index (χ1n) is 9.06. The van der Waals surface area contributed by atoms with Crippen molar-refractivity contribution in [2.45, 2.75) is 64.9 Å². The third-order valence-electron chi connectivity index (χ3n) is 6.46. The second-order valence-electron chi connectivity index (χ2n) is 7.95. The highest BCUT2D eigenvalue weighted by atomic mass is 127. The van der Waals surface area contributed by atoms with E-state index in [0.717, 1.165) is 12.3 Å². The Morgan fingerprint density at radius 2 is 2.25 bits per heavy atom. The van der Waals surface area contributed by atoms with Gasteiger partial charge in [-0.2, -0.15) is 0 Å². The zero-order valence-electron chi connectivity index (χ0n) is 15.2. The number of hydrogen-bond acceptors (Lipinski definition) is 3. The monoisotopic (exact) mass is 446 g/mol. The molecule has 0 aromatic heterocycles. The fourth-order valence-corrected chi connectivity index (χ4v) is 6.08. The number of carbonyl (C=O) groups is 1. The third-order valence-corrected chi connectivity index (χ3v) is 7.26. The van der Waals surface area contributed by atoms with Gasteiger partial charge in [0.05, 0.1) is 13.2 Å². The van der Waals surface area contributed by atoms with Gasteiger partial charge in [-0.3, -0.25) is 0 Å². The lowest BCUT2D eigenvalue weighted by Crippen LogP contribution is -2.36. The third kappa shape index (κ3) is 4.06. The van der Waals surface area contributed by atoms with Crippen LogP contribution < -0.4 is 0 Å². The van der Waals surface area contributed by atoms with Gasteiger partial charge in [-0.05, 0) is 65.8 Å². The van der Waals surface area contributed by atoms with E-state index < -0.39 is 12.1 Å². The van der Waals surface area contributed by atoms with Crippen LogP contribution in [0.25, 0.3) is 0 Å². The number of halogens is 1. The number of carbonyl (C=O) groups excluding carboxylic acids is 1. The molecule has 0 aliphatic heterocycles. The summed E-state index contributed by atoms with van der Waals surface area (Å²) in [5.41, 5.74) is 2.37. The molecule has 0 spiro atoms. The summed E-state index contributed by atoms with van der Waals surface area (Å²) in [4.78, 5) is 11.5. The molecule has 2 saturated carbocycles. The molecular weight excluding hydrogens is 415 g/mol. The summed E-state index contributed by atoms with van der Waals surface area (Å²) in [6.07, 6.45) is 6.89. The van der Waals surface area contributed by atoms with Crippen LogP contribution in [0.5, 0.6) is 0 Å². The highest BCUT2D eigenvalue weighted by molar-refractivity contribution is 14.1. The zero-order chi connectivity index (χ0) is 17.9. The number of rotatable bonds is 6. The molecule has 3 nitrogen and oxygen atoms in total. The summed E-state index contributed by atoms with van der Waals surface area (Å²) in [5, 5.41) is 10.4. The van der Waals surface area contributed by atoms with E-state index in [-0.39, 0.29) is 0 Å². The number of methoxy groups -OCH3 is 1. The summed E-state index contributed by atoms with van der Waals surface area (Å²) in [7, 11) is 1.35. The van der Waals surface area contributed by atoms with Crippen molar-refractivity contribution in [2.24, 2.45) is 23.2 Å². The number of aliphatic hydroxyl groups excluding tert-OH is 1. The van der Waals surface area contributed by atoms with E-state index >= 15 is 0 Å². The van der Waals surface area contributed by atoms with E-state index in [1.165, 1.54) is 39.2 Å². The Balaban J connectivity index is 1.98. The average molecular weight is 446 g/mol. The Kier molecular flexibility index (Phi) is 6.94. The number of aliphatic hydroxyl groups is 1. The van der Waals surface area contributed by atoms with Crippen LogP contribution in [0.1, 0.15) is 58.8 Å². The lowest BCUT2D eigenvalue weighted by molar-refractivity contribution is -0.136. The molecule has 0 bridgehead atoms. The molecule has 0 aromatic rings. The first-order chi connectivity index (χ1) is 11.3. The maximum atomic E-state index is 11.5. The van der Waals surface area contributed by atoms with Crippen molar-refractivity contribution < 1.29 is 14.6 Å². The molecule has 0 radical (unpaired) electrons. The molecule has 2 aliphatic carbocycles. The Morgan fingerprint density at radius 3 is 2.88 bits per heavy atom. The Bertz CT molecular complexity index is 513. The number of allylic oxidation sites excluding steroid dienone is 1. The maximum Gasteiger partial charge on any atom is 0.333 e. The standard InChI is InChI=1S/C20H31IO3/c1-13(10-16(22)11-14(2)19(23)24-4)17-7-8-18-15(12-21)6-5-9-20(17,18)3/h12-13,16-18,22H,2,5-11H2,1,3-4H3/t13-,16+,17-,18?,20-/m1/s1. The summed E-state index contributed by atoms with van der Waals surface area (Å²) >= 11 is 2.40. The minimum Gasteiger partial charge on any atom is -0.466 e. The minimum absolute atomic E-state index is 0.308. The van der Waals surface area contributed by atoms with Gasteiger partial charge >= 0.3 is 5.97 Å². The lowest BCUT2D eigenvalue weighted by atomic mass is 9.61. The molecular formula is C20H31IO3. The van der Waals surface area contributed by atoms with Crippen molar-refractivity contribution >= 4 is 28.6 Å². The maximum absolute atomic E-state index is 11.5. The van der Waals surface area contributed by atoms with E-state index in [0.29, 0.717) is 29.2 Å². The van der Waals surface area contributed by atoms with E-state index in [1.807, 2.05) is 0 Å². The largest absolute Gasteiger partial charge is 0.466 e. The molecule has 1 unspecified atom stereocenters. The van der Waals surface area contributed by atoms with Gasteiger partial charge in [0, 0.05) is 12.0 Å². The topological polar surface area (TPSA) is 46.5 Å². The second-order valence-corrected chi connectivity index (χ2v) is 8.57. The van der Waals surface area contributed by atoms with Crippen molar-refractivity contribution in [3.05, 3.63) is 21.8 Å². The van der Waals surface area contributed by atoms with E-state index in [1.54, 1.807) is 5.57 Å². The van der Waals surface area contributed by atoms with Crippen molar-refractivity contribution in [2.75, 3.05) is 7.11 Å². The van der Waals surface area contributed by atoms with Gasteiger partial charge in [0.15, 0.2) is 0 Å². The van der Waals surface area contributed by atoms with Crippen molar-refractivity contribution in [1.82, 2.24) is 0 Å². The smallest absolute Gasteiger partial charge is 0.333 e. The van der Waals surface area contributed by atoms with Crippen LogP contribution in [0.3, 0.4) is 0 Å². The van der Waals surface area contributed by atoms with Crippen molar-refractivity contribution in [3.8, 4) is 0 Å². The highest BCUT2D eigenvalue weighted by Gasteiger charge is 2.50. The van der Waals surface area contributed by atoms with Gasteiger partial charge in [-0.25, -0.2) is 4.79 Å². The SMILES string of the molecule is C=C(C[C@@H](O)C[C@@H](C)[C@H]1CCC2C(=CI)CCC[C@@]21C)C(=O)OC. The van der Waals surface area contributed by atoms with Crippen LogP contribution in [0.4, 0.5) is 0 Å². The average Bonchev–Trinajstić information content (AvgIpc) is 2.90. The quantitative estimate of drug-likeness (QED) is 0.354. The van der Waals surface area contributed by atoms with E-state index in [2.05, 4.69) is 51.8 Å². The number of hydrogen-bond donors (Lipinski definition) is 1. The molecule has 0 saturated heterocycles. The van der Waals surface area contributed by atoms with Crippen molar-refractivity contribution in [1.29, 1.82) is 0 Å². The molecule has 24 heavy (non-hydrogen) atoms. The van der Waals surface area contributed by atoms with Gasteiger partial charge in [0.2, 0.25) is 0 Å². The van der Waals surface area contributed by atoms with Gasteiger partial charge in [0.1, 0.15) is 0 Å². The molecule has 2 rings (SSSR count). The first-order valence-corrected chi connectivity index (χ1v) is 10.3. The van der Waals surface area contributed by atoms with Gasteiger partial charge in [-0.1, -0.05) is 48.6 Å². The minimum atomic E-state index is -0.516. The summed E-state index contributed by atoms with van der Waals surface area (Å²) in [5.74, 6) is 1.40. The lowest BCUT2D eigenvalue weighted by Gasteiger charge is -2.44. The summed E-state index contributed by atoms with van der Waals surface area (Å²) in [6.45, 7) is 8.46. The molecule has 136 valence electrons. The van der Waals surface area contributed by atoms with Crippen LogP contribution in [0.15, 0.2) is 21.8 Å². The van der Waals surface area contributed by atoms with Gasteiger partial charge in [0.25, 0.3) is 0 Å². The van der Waals surface area contributed by atoms with Crippen LogP contribution in [0.2, 0.25) is 0 Å². The van der Waals surface area contributed by atoms with Crippen LogP contribution in [0, 0.1) is 23.2 Å². The first kappa shape index (κ1) is 20.0. The molecule has 5 atom stereocenters. The molecule has 0 aromatic carbocycles. The van der Waals surface area contributed by atoms with E-state index in [9.17, 15) is 9.90 Å². The predicted octanol–water partition coefficient (Wildman–Crippen LogP) is 5.03. The number of ether oxygens (including phenoxy) is 1. The van der Waals surface area contributed by atoms with Crippen LogP contribution >= 0.6 is 22.6 Å². The molecule has 4 heteroatoms. The Morgan fingerprint density at radius 1 is 1.54 bits per heavy atom. The Labute approximate surface area is 160 Å². The van der Waals surface area contributed by atoms with Crippen LogP contribution in [-0.4, -0.2) is 24.3 Å². The fraction of sp³-hybridized carbons (Fsp3) is 0.750. The summed E-state index contributed by atoms with van der Waals surface area (Å²) in [6, 6.07) is 0. The molecule has 1 N–H and O–H groups in total. The molecule has 0 amide bonds. The normalized spacial score (nSPS) is 33.8. The van der Waals surface area contributed by atoms with Crippen molar-refractivity contribution in [3.63, 3.8) is 0 Å².